The highest BCUT2D eigenvalue weighted by Crippen LogP contribution is 2.25. The average molecular weight is 290 g/mol. The maximum absolute atomic E-state index is 6.02. The summed E-state index contributed by atoms with van der Waals surface area (Å²) in [5.74, 6) is 0.966. The second-order valence-corrected chi connectivity index (χ2v) is 5.18. The molecule has 2 rings (SSSR count). The fourth-order valence-electron chi connectivity index (χ4n) is 2.44. The van der Waals surface area contributed by atoms with Crippen molar-refractivity contribution in [3.63, 3.8) is 0 Å². The minimum atomic E-state index is 0.220. The van der Waals surface area contributed by atoms with Crippen LogP contribution in [-0.2, 0) is 0 Å². The SMILES string of the molecule is C=CCN(CC=C)C(CC)c1nc2ccc(Cl)cc2[nH]1. The first-order valence-corrected chi connectivity index (χ1v) is 7.18. The lowest BCUT2D eigenvalue weighted by atomic mass is 10.1. The van der Waals surface area contributed by atoms with E-state index in [9.17, 15) is 0 Å². The molecule has 20 heavy (non-hydrogen) atoms. The van der Waals surface area contributed by atoms with Gasteiger partial charge in [0.2, 0.25) is 0 Å². The van der Waals surface area contributed by atoms with E-state index >= 15 is 0 Å². The molecule has 1 aromatic heterocycles. The van der Waals surface area contributed by atoms with E-state index in [4.69, 9.17) is 11.6 Å². The van der Waals surface area contributed by atoms with Crippen molar-refractivity contribution in [1.29, 1.82) is 0 Å². The van der Waals surface area contributed by atoms with Gasteiger partial charge in [0.25, 0.3) is 0 Å². The number of nitrogens with zero attached hydrogens (tertiary/aromatic N) is 2. The van der Waals surface area contributed by atoms with E-state index in [0.717, 1.165) is 41.4 Å². The van der Waals surface area contributed by atoms with Gasteiger partial charge >= 0.3 is 0 Å². The van der Waals surface area contributed by atoms with Gasteiger partial charge in [-0.3, -0.25) is 4.90 Å². The van der Waals surface area contributed by atoms with Crippen molar-refractivity contribution in [2.24, 2.45) is 0 Å². The van der Waals surface area contributed by atoms with E-state index in [1.165, 1.54) is 0 Å². The lowest BCUT2D eigenvalue weighted by Gasteiger charge is -2.27. The number of hydrogen-bond donors (Lipinski definition) is 1. The number of rotatable bonds is 7. The lowest BCUT2D eigenvalue weighted by molar-refractivity contribution is 0.229. The number of aromatic amines is 1. The molecule has 0 amide bonds. The van der Waals surface area contributed by atoms with Crippen LogP contribution in [0.25, 0.3) is 11.0 Å². The minimum Gasteiger partial charge on any atom is -0.341 e. The molecular formula is C16H20ClN3. The van der Waals surface area contributed by atoms with E-state index < -0.39 is 0 Å². The Balaban J connectivity index is 2.36. The molecule has 4 heteroatoms. The highest BCUT2D eigenvalue weighted by molar-refractivity contribution is 6.31. The maximum atomic E-state index is 6.02. The number of halogens is 1. The molecule has 0 spiro atoms. The van der Waals surface area contributed by atoms with Crippen LogP contribution < -0.4 is 0 Å². The Morgan fingerprint density at radius 1 is 1.35 bits per heavy atom. The summed E-state index contributed by atoms with van der Waals surface area (Å²) in [4.78, 5) is 10.4. The fourth-order valence-corrected chi connectivity index (χ4v) is 2.62. The number of nitrogens with one attached hydrogen (secondary N) is 1. The first-order chi connectivity index (χ1) is 9.69. The Morgan fingerprint density at radius 2 is 2.05 bits per heavy atom. The molecule has 1 heterocycles. The van der Waals surface area contributed by atoms with Crippen LogP contribution in [0.1, 0.15) is 25.2 Å². The molecule has 0 saturated heterocycles. The average Bonchev–Trinajstić information content (AvgIpc) is 2.82. The molecule has 0 saturated carbocycles. The number of imidazole rings is 1. The standard InChI is InChI=1S/C16H20ClN3/c1-4-9-20(10-5-2)15(6-3)16-18-13-8-7-12(17)11-14(13)19-16/h4-5,7-8,11,15H,1-2,6,9-10H2,3H3,(H,18,19). The third-order valence-electron chi connectivity index (χ3n) is 3.33. The molecule has 1 unspecified atom stereocenters. The van der Waals surface area contributed by atoms with Crippen molar-refractivity contribution in [2.75, 3.05) is 13.1 Å². The molecule has 0 radical (unpaired) electrons. The van der Waals surface area contributed by atoms with Gasteiger partial charge in [-0.1, -0.05) is 30.7 Å². The normalized spacial score (nSPS) is 12.8. The summed E-state index contributed by atoms with van der Waals surface area (Å²) < 4.78 is 0. The van der Waals surface area contributed by atoms with Gasteiger partial charge in [0.05, 0.1) is 17.1 Å². The summed E-state index contributed by atoms with van der Waals surface area (Å²) in [5.41, 5.74) is 1.92. The van der Waals surface area contributed by atoms with Crippen LogP contribution in [0.15, 0.2) is 43.5 Å². The highest BCUT2D eigenvalue weighted by atomic mass is 35.5. The van der Waals surface area contributed by atoms with Gasteiger partial charge in [0, 0.05) is 18.1 Å². The summed E-state index contributed by atoms with van der Waals surface area (Å²) in [6.45, 7) is 11.4. The van der Waals surface area contributed by atoms with Gasteiger partial charge in [0.15, 0.2) is 0 Å². The smallest absolute Gasteiger partial charge is 0.124 e. The topological polar surface area (TPSA) is 31.9 Å². The molecule has 3 nitrogen and oxygen atoms in total. The molecule has 106 valence electrons. The second kappa shape index (κ2) is 6.73. The molecule has 0 aliphatic carbocycles. The van der Waals surface area contributed by atoms with E-state index in [-0.39, 0.29) is 6.04 Å². The summed E-state index contributed by atoms with van der Waals surface area (Å²) in [6, 6.07) is 5.93. The molecule has 1 atom stereocenters. The van der Waals surface area contributed by atoms with Gasteiger partial charge in [-0.2, -0.15) is 0 Å². The zero-order chi connectivity index (χ0) is 14.5. The van der Waals surface area contributed by atoms with E-state index in [1.807, 2.05) is 30.4 Å². The van der Waals surface area contributed by atoms with Gasteiger partial charge in [-0.25, -0.2) is 4.98 Å². The molecule has 1 N–H and O–H groups in total. The zero-order valence-electron chi connectivity index (χ0n) is 11.8. The first-order valence-electron chi connectivity index (χ1n) is 6.80. The van der Waals surface area contributed by atoms with E-state index in [1.54, 1.807) is 0 Å². The van der Waals surface area contributed by atoms with Crippen LogP contribution in [0, 0.1) is 0 Å². The largest absolute Gasteiger partial charge is 0.341 e. The van der Waals surface area contributed by atoms with Crippen LogP contribution >= 0.6 is 11.6 Å². The summed E-state index contributed by atoms with van der Waals surface area (Å²) >= 11 is 6.02. The number of benzene rings is 1. The van der Waals surface area contributed by atoms with E-state index in [2.05, 4.69) is 34.9 Å². The van der Waals surface area contributed by atoms with Crippen molar-refractivity contribution < 1.29 is 0 Å². The second-order valence-electron chi connectivity index (χ2n) is 4.74. The summed E-state index contributed by atoms with van der Waals surface area (Å²) in [6.07, 6.45) is 4.78. The predicted octanol–water partition coefficient (Wildman–Crippen LogP) is 4.34. The van der Waals surface area contributed by atoms with Crippen molar-refractivity contribution >= 4 is 22.6 Å². The quantitative estimate of drug-likeness (QED) is 0.769. The Labute approximate surface area is 125 Å². The number of fused-ring (bicyclic) bond motifs is 1. The third kappa shape index (κ3) is 3.11. The van der Waals surface area contributed by atoms with Crippen LogP contribution in [-0.4, -0.2) is 28.0 Å². The van der Waals surface area contributed by atoms with Crippen molar-refractivity contribution in [3.8, 4) is 0 Å². The number of aromatic nitrogens is 2. The van der Waals surface area contributed by atoms with Crippen LogP contribution in [0.4, 0.5) is 0 Å². The molecule has 0 aliphatic rings. The van der Waals surface area contributed by atoms with Gasteiger partial charge in [0.1, 0.15) is 5.82 Å². The number of H-pyrrole nitrogens is 1. The third-order valence-corrected chi connectivity index (χ3v) is 3.57. The molecular weight excluding hydrogens is 270 g/mol. The fraction of sp³-hybridized carbons (Fsp3) is 0.312. The van der Waals surface area contributed by atoms with Gasteiger partial charge in [-0.05, 0) is 24.6 Å². The summed E-state index contributed by atoms with van der Waals surface area (Å²) in [5, 5.41) is 0.717. The molecule has 0 bridgehead atoms. The monoisotopic (exact) mass is 289 g/mol. The van der Waals surface area contributed by atoms with Crippen LogP contribution in [0.2, 0.25) is 5.02 Å². The Morgan fingerprint density at radius 3 is 2.65 bits per heavy atom. The zero-order valence-corrected chi connectivity index (χ0v) is 12.5. The van der Waals surface area contributed by atoms with Crippen LogP contribution in [0.3, 0.4) is 0 Å². The Hall–Kier alpha value is -1.58. The predicted molar refractivity (Wildman–Crippen MR) is 86.1 cm³/mol. The molecule has 1 aromatic carbocycles. The van der Waals surface area contributed by atoms with Crippen molar-refractivity contribution in [2.45, 2.75) is 19.4 Å². The lowest BCUT2D eigenvalue weighted by Crippen LogP contribution is -2.29. The van der Waals surface area contributed by atoms with E-state index in [0.29, 0.717) is 0 Å². The Bertz CT molecular complexity index is 593. The maximum Gasteiger partial charge on any atom is 0.124 e. The molecule has 0 aliphatic heterocycles. The minimum absolute atomic E-state index is 0.220. The molecule has 2 aromatic rings. The first kappa shape index (κ1) is 14.8. The van der Waals surface area contributed by atoms with Crippen LogP contribution in [0.5, 0.6) is 0 Å². The molecule has 0 fully saturated rings. The Kier molecular flexibility index (Phi) is 4.99. The van der Waals surface area contributed by atoms with Crippen molar-refractivity contribution in [3.05, 3.63) is 54.4 Å². The highest BCUT2D eigenvalue weighted by Gasteiger charge is 2.20. The van der Waals surface area contributed by atoms with Gasteiger partial charge < -0.3 is 4.98 Å². The summed E-state index contributed by atoms with van der Waals surface area (Å²) in [7, 11) is 0. The number of hydrogen-bond acceptors (Lipinski definition) is 2. The van der Waals surface area contributed by atoms with Gasteiger partial charge in [-0.15, -0.1) is 13.2 Å². The van der Waals surface area contributed by atoms with Crippen molar-refractivity contribution in [1.82, 2.24) is 14.9 Å².